The number of anilines is 1. The fourth-order valence-electron chi connectivity index (χ4n) is 3.01. The summed E-state index contributed by atoms with van der Waals surface area (Å²) in [5, 5.41) is 0.723. The van der Waals surface area contributed by atoms with Crippen LogP contribution in [0.1, 0.15) is 16.7 Å². The summed E-state index contributed by atoms with van der Waals surface area (Å²) in [5.74, 6) is 0.302. The predicted octanol–water partition coefficient (Wildman–Crippen LogP) is 2.58. The number of hydrogen-bond acceptors (Lipinski definition) is 6. The molecule has 0 bridgehead atoms. The first kappa shape index (κ1) is 27.6. The van der Waals surface area contributed by atoms with Crippen molar-refractivity contribution in [2.45, 2.75) is 13.3 Å². The zero-order valence-corrected chi connectivity index (χ0v) is 20.8. The third kappa shape index (κ3) is 6.70. The van der Waals surface area contributed by atoms with E-state index in [1.807, 2.05) is 6.92 Å². The number of nitrogens with one attached hydrogen (secondary N) is 2. The van der Waals surface area contributed by atoms with Crippen molar-refractivity contribution in [3.63, 3.8) is 0 Å². The number of ether oxygens (including phenoxy) is 1. The number of fused-ring (bicyclic) bond motifs is 1. The van der Waals surface area contributed by atoms with Crippen molar-refractivity contribution in [2.75, 3.05) is 25.9 Å². The second kappa shape index (κ2) is 11.2. The first-order chi connectivity index (χ1) is 15.0. The molecule has 1 amide bonds. The molecular formula is C21H23IN3NaO6S. The molecule has 0 aliphatic carbocycles. The van der Waals surface area contributed by atoms with Crippen molar-refractivity contribution in [1.29, 1.82) is 0 Å². The van der Waals surface area contributed by atoms with Gasteiger partial charge in [-0.3, -0.25) is 4.72 Å². The summed E-state index contributed by atoms with van der Waals surface area (Å²) in [7, 11) is 0.809. The van der Waals surface area contributed by atoms with Crippen molar-refractivity contribution in [3.8, 4) is 5.75 Å². The van der Waals surface area contributed by atoms with Gasteiger partial charge in [0.05, 0.1) is 9.26 Å². The molecule has 9 nitrogen and oxygen atoms in total. The van der Waals surface area contributed by atoms with Crippen LogP contribution in [0.4, 0.5) is 10.5 Å². The first-order valence-electron chi connectivity index (χ1n) is 9.46. The summed E-state index contributed by atoms with van der Waals surface area (Å²) in [5.41, 5.74) is 2.11. The second-order valence-electron chi connectivity index (χ2n) is 7.22. The number of carbonyl (C=O) groups excluding carboxylic acids is 1. The summed E-state index contributed by atoms with van der Waals surface area (Å²) in [4.78, 5) is 25.9. The van der Waals surface area contributed by atoms with E-state index in [4.69, 9.17) is 9.15 Å². The number of aryl methyl sites for hydroxylation is 1. The summed E-state index contributed by atoms with van der Waals surface area (Å²) in [6.45, 7) is 1.82. The molecule has 1 aromatic heterocycles. The van der Waals surface area contributed by atoms with Gasteiger partial charge in [-0.25, -0.2) is 14.3 Å². The minimum atomic E-state index is -3.65. The number of rotatable bonds is 6. The molecule has 2 aromatic carbocycles. The Labute approximate surface area is 227 Å². The van der Waals surface area contributed by atoms with Crippen molar-refractivity contribution in [3.05, 3.63) is 67.1 Å². The summed E-state index contributed by atoms with van der Waals surface area (Å²) >= 11 is 2.06. The van der Waals surface area contributed by atoms with Gasteiger partial charge in [-0.1, -0.05) is 12.1 Å². The van der Waals surface area contributed by atoms with Crippen LogP contribution in [-0.2, 0) is 16.6 Å². The van der Waals surface area contributed by atoms with E-state index in [0.717, 1.165) is 16.5 Å². The molecule has 1 heterocycles. The number of carbonyl (C=O) groups is 1. The Morgan fingerprint density at radius 3 is 2.55 bits per heavy atom. The maximum absolute atomic E-state index is 12.7. The third-order valence-electron chi connectivity index (χ3n) is 4.73. The van der Waals surface area contributed by atoms with Gasteiger partial charge < -0.3 is 14.1 Å². The fraction of sp³-hybridized carbons (Fsp3) is 0.238. The molecular weight excluding hydrogens is 572 g/mol. The first-order valence-corrected chi connectivity index (χ1v) is 12.0. The fourth-order valence-corrected chi connectivity index (χ4v) is 4.13. The Balaban J connectivity index is 0.00000385. The number of benzene rings is 2. The van der Waals surface area contributed by atoms with E-state index in [0.29, 0.717) is 26.2 Å². The van der Waals surface area contributed by atoms with Crippen LogP contribution in [0.25, 0.3) is 11.0 Å². The number of amides is 1. The van der Waals surface area contributed by atoms with Gasteiger partial charge >= 0.3 is 41.3 Å². The van der Waals surface area contributed by atoms with Crippen LogP contribution in [0.5, 0.6) is 5.75 Å². The van der Waals surface area contributed by atoms with Crippen LogP contribution in [-0.4, -0.2) is 70.1 Å². The molecule has 0 fully saturated rings. The summed E-state index contributed by atoms with van der Waals surface area (Å²) < 4.78 is 39.6. The molecule has 2 N–H and O–H groups in total. The standard InChI is InChI=1S/C21H22IN3O6S.Na.H/c1-12-15-10-17(22)19(31-21(27)25(3)4)11-18(15)30-20(26)16(12)9-13-6-5-7-14(8-13)24-32(28,29)23-2;;/h5-8,10-11,23-24H,9H2,1-4H3;;. The van der Waals surface area contributed by atoms with Crippen LogP contribution < -0.4 is 19.8 Å². The van der Waals surface area contributed by atoms with Crippen molar-refractivity contribution >= 4 is 85.1 Å². The van der Waals surface area contributed by atoms with Crippen molar-refractivity contribution < 1.29 is 22.4 Å². The van der Waals surface area contributed by atoms with E-state index in [-0.39, 0.29) is 36.0 Å². The van der Waals surface area contributed by atoms with E-state index < -0.39 is 21.9 Å². The molecule has 0 atom stereocenters. The summed E-state index contributed by atoms with van der Waals surface area (Å²) in [6.07, 6.45) is -0.278. The Morgan fingerprint density at radius 2 is 1.91 bits per heavy atom. The van der Waals surface area contributed by atoms with Crippen LogP contribution in [0.2, 0.25) is 0 Å². The zero-order valence-electron chi connectivity index (χ0n) is 17.9. The van der Waals surface area contributed by atoms with E-state index >= 15 is 0 Å². The quantitative estimate of drug-likeness (QED) is 0.257. The Bertz CT molecular complexity index is 1360. The van der Waals surface area contributed by atoms with Crippen molar-refractivity contribution in [2.24, 2.45) is 0 Å². The molecule has 0 saturated heterocycles. The third-order valence-corrected chi connectivity index (χ3v) is 6.62. The molecule has 3 aromatic rings. The molecule has 0 saturated carbocycles. The van der Waals surface area contributed by atoms with Gasteiger partial charge in [0.1, 0.15) is 11.3 Å². The zero-order chi connectivity index (χ0) is 23.6. The second-order valence-corrected chi connectivity index (χ2v) is 10.0. The van der Waals surface area contributed by atoms with Gasteiger partial charge in [-0.2, -0.15) is 8.42 Å². The molecule has 12 heteroatoms. The number of nitrogens with zero attached hydrogens (tertiary/aromatic N) is 1. The normalized spacial score (nSPS) is 11.1. The Hall–Kier alpha value is -1.64. The maximum atomic E-state index is 12.7. The van der Waals surface area contributed by atoms with Crippen LogP contribution in [0.15, 0.2) is 45.6 Å². The van der Waals surface area contributed by atoms with Gasteiger partial charge in [0.25, 0.3) is 10.2 Å². The molecule has 0 unspecified atom stereocenters. The average molecular weight is 595 g/mol. The Kier molecular flexibility index (Phi) is 9.36. The molecule has 0 aliphatic rings. The van der Waals surface area contributed by atoms with Gasteiger partial charge in [0, 0.05) is 44.6 Å². The van der Waals surface area contributed by atoms with E-state index in [1.165, 1.54) is 18.0 Å². The molecule has 3 rings (SSSR count). The van der Waals surface area contributed by atoms with Gasteiger partial charge in [0.15, 0.2) is 0 Å². The van der Waals surface area contributed by atoms with E-state index in [2.05, 4.69) is 32.0 Å². The SMILES string of the molecule is CNS(=O)(=O)Nc1cccc(Cc2c(C)c3cc(I)c(OC(=O)N(C)C)cc3oc2=O)c1.[NaH]. The van der Waals surface area contributed by atoms with E-state index in [9.17, 15) is 18.0 Å². The van der Waals surface area contributed by atoms with Crippen LogP contribution >= 0.6 is 22.6 Å². The number of halogens is 1. The average Bonchev–Trinajstić information content (AvgIpc) is 2.72. The Morgan fingerprint density at radius 1 is 1.21 bits per heavy atom. The van der Waals surface area contributed by atoms with Gasteiger partial charge in [-0.05, 0) is 58.8 Å². The molecule has 33 heavy (non-hydrogen) atoms. The molecule has 0 spiro atoms. The van der Waals surface area contributed by atoms with Crippen LogP contribution in [0.3, 0.4) is 0 Å². The topological polar surface area (TPSA) is 118 Å². The summed E-state index contributed by atoms with van der Waals surface area (Å²) in [6, 6.07) is 10.1. The predicted molar refractivity (Wildman–Crippen MR) is 138 cm³/mol. The molecule has 172 valence electrons. The van der Waals surface area contributed by atoms with Gasteiger partial charge in [0.2, 0.25) is 0 Å². The molecule has 0 aliphatic heterocycles. The van der Waals surface area contributed by atoms with Crippen LogP contribution in [0, 0.1) is 10.5 Å². The van der Waals surface area contributed by atoms with E-state index in [1.54, 1.807) is 44.4 Å². The van der Waals surface area contributed by atoms with Crippen molar-refractivity contribution in [1.82, 2.24) is 9.62 Å². The number of hydrogen-bond donors (Lipinski definition) is 2. The molecule has 0 radical (unpaired) electrons. The minimum absolute atomic E-state index is 0. The monoisotopic (exact) mass is 595 g/mol. The van der Waals surface area contributed by atoms with Gasteiger partial charge in [-0.15, -0.1) is 0 Å².